The van der Waals surface area contributed by atoms with Crippen LogP contribution >= 0.6 is 0 Å². The molecular weight excluding hydrogens is 352 g/mol. The van der Waals surface area contributed by atoms with Crippen LogP contribution in [0.2, 0.25) is 0 Å². The highest BCUT2D eigenvalue weighted by molar-refractivity contribution is 5.75. The number of hydrogen-bond acceptors (Lipinski definition) is 5. The molecule has 2 aromatic rings. The van der Waals surface area contributed by atoms with Gasteiger partial charge in [0.25, 0.3) is 0 Å². The van der Waals surface area contributed by atoms with Gasteiger partial charge < -0.3 is 10.6 Å². The average molecular weight is 385 g/mol. The largest absolute Gasteiger partial charge is 0.367 e. The number of aryl methyl sites for hydroxylation is 1. The minimum atomic E-state index is 0.147. The Morgan fingerprint density at radius 3 is 2.54 bits per heavy atom. The first-order valence-electron chi connectivity index (χ1n) is 10.4. The number of nitrogens with one attached hydrogen (secondary N) is 2. The van der Waals surface area contributed by atoms with Gasteiger partial charge in [0.2, 0.25) is 5.91 Å². The van der Waals surface area contributed by atoms with Crippen molar-refractivity contribution in [2.75, 3.05) is 18.4 Å². The number of carbonyl (C=O) groups excluding carboxylic acids is 1. The van der Waals surface area contributed by atoms with E-state index in [0.717, 1.165) is 23.7 Å². The summed E-state index contributed by atoms with van der Waals surface area (Å²) in [6.07, 6.45) is 8.27. The summed E-state index contributed by atoms with van der Waals surface area (Å²) in [4.78, 5) is 12.0. The second-order valence-electron chi connectivity index (χ2n) is 7.80. The normalized spacial score (nSPS) is 14.8. The molecule has 0 spiro atoms. The summed E-state index contributed by atoms with van der Waals surface area (Å²) in [5.74, 6) is 2.29. The average Bonchev–Trinajstić information content (AvgIpc) is 2.98. The van der Waals surface area contributed by atoms with E-state index >= 15 is 0 Å². The van der Waals surface area contributed by atoms with E-state index in [2.05, 4.69) is 32.9 Å². The number of aromatic nitrogens is 4. The lowest BCUT2D eigenvalue weighted by atomic mass is 9.86. The minimum Gasteiger partial charge on any atom is -0.367 e. The maximum Gasteiger partial charge on any atom is 0.220 e. The summed E-state index contributed by atoms with van der Waals surface area (Å²) < 4.78 is 1.81. The van der Waals surface area contributed by atoms with Crippen molar-refractivity contribution in [2.24, 2.45) is 5.92 Å². The molecule has 0 aromatic carbocycles. The molecule has 1 amide bonds. The maximum absolute atomic E-state index is 12.0. The lowest BCUT2D eigenvalue weighted by Crippen LogP contribution is -2.29. The van der Waals surface area contributed by atoms with E-state index in [1.807, 2.05) is 30.7 Å². The molecule has 0 atom stereocenters. The number of anilines is 1. The molecule has 0 saturated heterocycles. The van der Waals surface area contributed by atoms with Crippen LogP contribution < -0.4 is 10.6 Å². The van der Waals surface area contributed by atoms with Gasteiger partial charge >= 0.3 is 0 Å². The zero-order valence-electron chi connectivity index (χ0n) is 17.3. The van der Waals surface area contributed by atoms with E-state index in [1.54, 1.807) is 0 Å². The Hall–Kier alpha value is -2.44. The Balaban J connectivity index is 1.38. The summed E-state index contributed by atoms with van der Waals surface area (Å²) in [6.45, 7) is 7.29. The van der Waals surface area contributed by atoms with Crippen LogP contribution in [0.3, 0.4) is 0 Å². The molecule has 1 fully saturated rings. The van der Waals surface area contributed by atoms with Gasteiger partial charge in [-0.05, 0) is 50.8 Å². The molecule has 1 aliphatic rings. The van der Waals surface area contributed by atoms with Crippen LogP contribution in [0.15, 0.2) is 12.1 Å². The summed E-state index contributed by atoms with van der Waals surface area (Å²) in [5, 5.41) is 19.2. The van der Waals surface area contributed by atoms with Gasteiger partial charge in [-0.25, -0.2) is 4.68 Å². The molecule has 152 valence electrons. The highest BCUT2D eigenvalue weighted by Crippen LogP contribution is 2.27. The number of rotatable bonds is 8. The minimum absolute atomic E-state index is 0.147. The number of amides is 1. The number of carbonyl (C=O) groups is 1. The van der Waals surface area contributed by atoms with Crippen molar-refractivity contribution >= 4 is 11.7 Å². The molecule has 28 heavy (non-hydrogen) atoms. The van der Waals surface area contributed by atoms with Crippen molar-refractivity contribution in [3.63, 3.8) is 0 Å². The zero-order chi connectivity index (χ0) is 19.9. The Labute approximate surface area is 167 Å². The number of nitrogens with zero attached hydrogens (tertiary/aromatic N) is 4. The van der Waals surface area contributed by atoms with Gasteiger partial charge in [-0.1, -0.05) is 32.1 Å². The first-order chi connectivity index (χ1) is 13.5. The fraction of sp³-hybridized carbons (Fsp3) is 0.619. The topological polar surface area (TPSA) is 84.7 Å². The van der Waals surface area contributed by atoms with Crippen LogP contribution in [0.5, 0.6) is 0 Å². The van der Waals surface area contributed by atoms with Crippen LogP contribution in [0.4, 0.5) is 5.82 Å². The SMILES string of the molecule is Cc1nn(-c2ccc(NCCNC(=O)CCC3CCCCC3)nn2)c(C)c1C. The highest BCUT2D eigenvalue weighted by Gasteiger charge is 2.14. The molecule has 1 aliphatic carbocycles. The van der Waals surface area contributed by atoms with Gasteiger partial charge in [-0.15, -0.1) is 10.2 Å². The standard InChI is InChI=1S/C21H32N6O/c1-15-16(2)26-27(17(15)3)20-11-10-19(24-25-20)22-13-14-23-21(28)12-9-18-7-5-4-6-8-18/h10-11,18H,4-9,12-14H2,1-3H3,(H,22,24)(H,23,28). The smallest absolute Gasteiger partial charge is 0.220 e. The maximum atomic E-state index is 12.0. The molecule has 0 bridgehead atoms. The first-order valence-corrected chi connectivity index (χ1v) is 10.4. The second-order valence-corrected chi connectivity index (χ2v) is 7.80. The van der Waals surface area contributed by atoms with Crippen molar-refractivity contribution in [2.45, 2.75) is 65.7 Å². The van der Waals surface area contributed by atoms with Crippen molar-refractivity contribution in [3.05, 3.63) is 29.1 Å². The second kappa shape index (κ2) is 9.66. The molecule has 7 nitrogen and oxygen atoms in total. The molecule has 0 unspecified atom stereocenters. The molecule has 1 saturated carbocycles. The molecule has 2 N–H and O–H groups in total. The van der Waals surface area contributed by atoms with E-state index in [1.165, 1.54) is 37.7 Å². The third-order valence-electron chi connectivity index (χ3n) is 5.78. The Morgan fingerprint density at radius 2 is 1.89 bits per heavy atom. The van der Waals surface area contributed by atoms with Crippen LogP contribution in [0.25, 0.3) is 5.82 Å². The fourth-order valence-corrected chi connectivity index (χ4v) is 3.77. The lowest BCUT2D eigenvalue weighted by molar-refractivity contribution is -0.121. The third-order valence-corrected chi connectivity index (χ3v) is 5.78. The zero-order valence-corrected chi connectivity index (χ0v) is 17.3. The highest BCUT2D eigenvalue weighted by atomic mass is 16.1. The van der Waals surface area contributed by atoms with Crippen LogP contribution in [0, 0.1) is 26.7 Å². The molecule has 7 heteroatoms. The molecule has 3 rings (SSSR count). The predicted molar refractivity (Wildman–Crippen MR) is 111 cm³/mol. The van der Waals surface area contributed by atoms with Crippen molar-refractivity contribution in [1.29, 1.82) is 0 Å². The fourth-order valence-electron chi connectivity index (χ4n) is 3.77. The van der Waals surface area contributed by atoms with Gasteiger partial charge in [0.05, 0.1) is 5.69 Å². The first kappa shape index (κ1) is 20.3. The number of hydrogen-bond donors (Lipinski definition) is 2. The van der Waals surface area contributed by atoms with E-state index in [9.17, 15) is 4.79 Å². The molecule has 0 aliphatic heterocycles. The van der Waals surface area contributed by atoms with Crippen molar-refractivity contribution in [3.8, 4) is 5.82 Å². The lowest BCUT2D eigenvalue weighted by Gasteiger charge is -2.20. The molecule has 0 radical (unpaired) electrons. The Bertz CT molecular complexity index is 777. The Kier molecular flexibility index (Phi) is 7.01. The predicted octanol–water partition coefficient (Wildman–Crippen LogP) is 3.48. The van der Waals surface area contributed by atoms with Crippen LogP contribution in [-0.4, -0.2) is 39.0 Å². The summed E-state index contributed by atoms with van der Waals surface area (Å²) in [5.41, 5.74) is 3.24. The van der Waals surface area contributed by atoms with E-state index in [-0.39, 0.29) is 5.91 Å². The Morgan fingerprint density at radius 1 is 1.11 bits per heavy atom. The van der Waals surface area contributed by atoms with Crippen molar-refractivity contribution in [1.82, 2.24) is 25.3 Å². The quantitative estimate of drug-likeness (QED) is 0.681. The third kappa shape index (κ3) is 5.30. The van der Waals surface area contributed by atoms with Crippen LogP contribution in [-0.2, 0) is 4.79 Å². The van der Waals surface area contributed by atoms with E-state index in [0.29, 0.717) is 31.1 Å². The summed E-state index contributed by atoms with van der Waals surface area (Å²) in [6, 6.07) is 3.79. The molecule has 2 heterocycles. The van der Waals surface area contributed by atoms with Gasteiger partial charge in [-0.3, -0.25) is 4.79 Å². The monoisotopic (exact) mass is 384 g/mol. The van der Waals surface area contributed by atoms with E-state index in [4.69, 9.17) is 0 Å². The van der Waals surface area contributed by atoms with Gasteiger partial charge in [0, 0.05) is 25.2 Å². The van der Waals surface area contributed by atoms with Gasteiger partial charge in [0.1, 0.15) is 5.82 Å². The molecular formula is C21H32N6O. The van der Waals surface area contributed by atoms with E-state index < -0.39 is 0 Å². The van der Waals surface area contributed by atoms with Crippen molar-refractivity contribution < 1.29 is 4.79 Å². The van der Waals surface area contributed by atoms with Gasteiger partial charge in [-0.2, -0.15) is 5.10 Å². The summed E-state index contributed by atoms with van der Waals surface area (Å²) in [7, 11) is 0. The summed E-state index contributed by atoms with van der Waals surface area (Å²) >= 11 is 0. The molecule has 2 aromatic heterocycles. The van der Waals surface area contributed by atoms with Crippen LogP contribution in [0.1, 0.15) is 61.9 Å². The van der Waals surface area contributed by atoms with Gasteiger partial charge in [0.15, 0.2) is 5.82 Å².